The minimum absolute atomic E-state index is 0. The Balaban J connectivity index is 0.00000192. The predicted molar refractivity (Wildman–Crippen MR) is 83.1 cm³/mol. The number of hydrogen-bond acceptors (Lipinski definition) is 3. The average Bonchev–Trinajstić information content (AvgIpc) is 3.22. The van der Waals surface area contributed by atoms with Crippen LogP contribution in [-0.4, -0.2) is 16.8 Å². The molecule has 1 aliphatic carbocycles. The summed E-state index contributed by atoms with van der Waals surface area (Å²) in [6.45, 7) is 0.321. The molecular weight excluding hydrogens is 326 g/mol. The molecule has 2 aromatic rings. The Labute approximate surface area is 138 Å². The maximum Gasteiger partial charge on any atom is 0.257 e. The number of furan rings is 1. The van der Waals surface area contributed by atoms with Crippen molar-refractivity contribution in [2.45, 2.75) is 32.0 Å². The van der Waals surface area contributed by atoms with E-state index < -0.39 is 11.6 Å². The van der Waals surface area contributed by atoms with Crippen molar-refractivity contribution in [2.75, 3.05) is 0 Å². The molecule has 0 saturated heterocycles. The highest BCUT2D eigenvalue weighted by Crippen LogP contribution is 2.30. The van der Waals surface area contributed by atoms with Gasteiger partial charge in [-0.3, -0.25) is 4.79 Å². The highest BCUT2D eigenvalue weighted by molar-refractivity contribution is 5.94. The zero-order chi connectivity index (χ0) is 15.7. The molecule has 3 rings (SSSR count). The number of hydrogen-bond donors (Lipinski definition) is 1. The molecule has 23 heavy (non-hydrogen) atoms. The Bertz CT molecular complexity index is 701. The fraction of sp³-hybridized carbons (Fsp3) is 0.312. The summed E-state index contributed by atoms with van der Waals surface area (Å²) in [4.78, 5) is 14.2. The van der Waals surface area contributed by atoms with Gasteiger partial charge in [-0.15, -0.1) is 12.4 Å². The van der Waals surface area contributed by atoms with Crippen LogP contribution in [0.2, 0.25) is 0 Å². The van der Waals surface area contributed by atoms with Gasteiger partial charge in [-0.05, 0) is 25.0 Å². The quantitative estimate of drug-likeness (QED) is 0.907. The minimum Gasteiger partial charge on any atom is -0.467 e. The smallest absolute Gasteiger partial charge is 0.257 e. The van der Waals surface area contributed by atoms with Crippen molar-refractivity contribution in [1.82, 2.24) is 4.90 Å². The van der Waals surface area contributed by atoms with Crippen LogP contribution in [0.3, 0.4) is 0 Å². The number of nitrogens with two attached hydrogens (primary N) is 1. The van der Waals surface area contributed by atoms with Crippen LogP contribution in [0, 0.1) is 11.6 Å². The van der Waals surface area contributed by atoms with Gasteiger partial charge in [-0.1, -0.05) is 6.07 Å². The van der Waals surface area contributed by atoms with Crippen LogP contribution < -0.4 is 5.73 Å². The van der Waals surface area contributed by atoms with E-state index in [4.69, 9.17) is 10.2 Å². The monoisotopic (exact) mass is 342 g/mol. The first-order valence-corrected chi connectivity index (χ1v) is 7.11. The Morgan fingerprint density at radius 2 is 2.04 bits per heavy atom. The maximum atomic E-state index is 13.8. The molecule has 1 aliphatic rings. The second kappa shape index (κ2) is 7.10. The molecule has 124 valence electrons. The van der Waals surface area contributed by atoms with Gasteiger partial charge in [0.15, 0.2) is 0 Å². The Kier molecular flexibility index (Phi) is 5.38. The van der Waals surface area contributed by atoms with E-state index in [1.807, 2.05) is 0 Å². The molecule has 2 N–H and O–H groups in total. The molecule has 1 saturated carbocycles. The number of benzene rings is 1. The van der Waals surface area contributed by atoms with Crippen molar-refractivity contribution in [1.29, 1.82) is 0 Å². The Morgan fingerprint density at radius 1 is 1.30 bits per heavy atom. The largest absolute Gasteiger partial charge is 0.467 e. The summed E-state index contributed by atoms with van der Waals surface area (Å²) in [5, 5.41) is 0. The van der Waals surface area contributed by atoms with Gasteiger partial charge in [0.2, 0.25) is 0 Å². The standard InChI is InChI=1S/C16H16F2N2O2.ClH/c17-12-2-1-10(15(18)6-12)8-20(13-3-4-13)16(21)11-5-14(7-19)22-9-11;/h1-2,5-6,9,13H,3-4,7-8,19H2;1H. The van der Waals surface area contributed by atoms with E-state index in [2.05, 4.69) is 0 Å². The lowest BCUT2D eigenvalue weighted by molar-refractivity contribution is 0.0727. The van der Waals surface area contributed by atoms with E-state index in [1.54, 1.807) is 11.0 Å². The lowest BCUT2D eigenvalue weighted by atomic mass is 10.1. The second-order valence-corrected chi connectivity index (χ2v) is 5.41. The van der Waals surface area contributed by atoms with Gasteiger partial charge in [0.1, 0.15) is 23.7 Å². The molecule has 0 unspecified atom stereocenters. The molecule has 0 atom stereocenters. The fourth-order valence-electron chi connectivity index (χ4n) is 2.35. The number of halogens is 3. The van der Waals surface area contributed by atoms with E-state index in [1.165, 1.54) is 18.4 Å². The van der Waals surface area contributed by atoms with Crippen molar-refractivity contribution in [3.8, 4) is 0 Å². The fourth-order valence-corrected chi connectivity index (χ4v) is 2.35. The van der Waals surface area contributed by atoms with Crippen LogP contribution in [0.5, 0.6) is 0 Å². The summed E-state index contributed by atoms with van der Waals surface area (Å²) in [5.41, 5.74) is 6.16. The molecule has 1 aromatic heterocycles. The molecule has 1 heterocycles. The molecule has 7 heteroatoms. The van der Waals surface area contributed by atoms with Crippen LogP contribution in [0.25, 0.3) is 0 Å². The number of carbonyl (C=O) groups is 1. The van der Waals surface area contributed by atoms with Crippen molar-refractivity contribution >= 4 is 18.3 Å². The number of nitrogens with zero attached hydrogens (tertiary/aromatic N) is 1. The van der Waals surface area contributed by atoms with Crippen LogP contribution in [-0.2, 0) is 13.1 Å². The van der Waals surface area contributed by atoms with Crippen molar-refractivity contribution in [3.63, 3.8) is 0 Å². The van der Waals surface area contributed by atoms with Crippen LogP contribution in [0.4, 0.5) is 8.78 Å². The van der Waals surface area contributed by atoms with Crippen LogP contribution in [0.15, 0.2) is 34.9 Å². The third-order valence-corrected chi connectivity index (χ3v) is 3.71. The summed E-state index contributed by atoms with van der Waals surface area (Å²) in [5.74, 6) is -0.983. The molecule has 0 radical (unpaired) electrons. The second-order valence-electron chi connectivity index (χ2n) is 5.41. The topological polar surface area (TPSA) is 59.5 Å². The molecule has 1 amide bonds. The summed E-state index contributed by atoms with van der Waals surface area (Å²) < 4.78 is 32.0. The number of rotatable bonds is 5. The van der Waals surface area contributed by atoms with Crippen molar-refractivity contribution in [2.24, 2.45) is 5.73 Å². The predicted octanol–water partition coefficient (Wildman–Crippen LogP) is 3.24. The molecule has 0 bridgehead atoms. The Hall–Kier alpha value is -1.92. The van der Waals surface area contributed by atoms with Gasteiger partial charge in [-0.2, -0.15) is 0 Å². The summed E-state index contributed by atoms with van der Waals surface area (Å²) in [7, 11) is 0. The molecule has 1 aromatic carbocycles. The normalized spacial score (nSPS) is 13.5. The lowest BCUT2D eigenvalue weighted by Gasteiger charge is -2.22. The molecule has 0 spiro atoms. The zero-order valence-corrected chi connectivity index (χ0v) is 13.1. The molecular formula is C16H17ClF2N2O2. The third-order valence-electron chi connectivity index (χ3n) is 3.71. The first-order chi connectivity index (χ1) is 10.6. The van der Waals surface area contributed by atoms with Crippen LogP contribution in [0.1, 0.15) is 34.5 Å². The first-order valence-electron chi connectivity index (χ1n) is 7.11. The molecule has 1 fully saturated rings. The van der Waals surface area contributed by atoms with Gasteiger partial charge in [0.05, 0.1) is 12.1 Å². The van der Waals surface area contributed by atoms with E-state index >= 15 is 0 Å². The molecule has 4 nitrogen and oxygen atoms in total. The van der Waals surface area contributed by atoms with E-state index in [9.17, 15) is 13.6 Å². The summed E-state index contributed by atoms with van der Waals surface area (Å²) >= 11 is 0. The van der Waals surface area contributed by atoms with Gasteiger partial charge in [-0.25, -0.2) is 8.78 Å². The van der Waals surface area contributed by atoms with Crippen LogP contribution >= 0.6 is 12.4 Å². The number of carbonyl (C=O) groups excluding carboxylic acids is 1. The van der Waals surface area contributed by atoms with Gasteiger partial charge >= 0.3 is 0 Å². The highest BCUT2D eigenvalue weighted by Gasteiger charge is 2.34. The summed E-state index contributed by atoms with van der Waals surface area (Å²) in [6.07, 6.45) is 3.13. The third kappa shape index (κ3) is 3.89. The maximum absolute atomic E-state index is 13.8. The first kappa shape index (κ1) is 17.4. The minimum atomic E-state index is -0.645. The van der Waals surface area contributed by atoms with Gasteiger partial charge < -0.3 is 15.1 Å². The Morgan fingerprint density at radius 3 is 2.61 bits per heavy atom. The van der Waals surface area contributed by atoms with Crippen molar-refractivity contribution < 1.29 is 18.0 Å². The van der Waals surface area contributed by atoms with E-state index in [0.717, 1.165) is 18.9 Å². The summed E-state index contributed by atoms with van der Waals surface area (Å²) in [6, 6.07) is 5.08. The highest BCUT2D eigenvalue weighted by atomic mass is 35.5. The zero-order valence-electron chi connectivity index (χ0n) is 12.3. The lowest BCUT2D eigenvalue weighted by Crippen LogP contribution is -2.32. The average molecular weight is 343 g/mol. The van der Waals surface area contributed by atoms with Gasteiger partial charge in [0, 0.05) is 24.2 Å². The SMILES string of the molecule is Cl.NCc1cc(C(=O)N(Cc2ccc(F)cc2F)C2CC2)co1. The van der Waals surface area contributed by atoms with Gasteiger partial charge in [0.25, 0.3) is 5.91 Å². The van der Waals surface area contributed by atoms with E-state index in [0.29, 0.717) is 16.9 Å². The van der Waals surface area contributed by atoms with E-state index in [-0.39, 0.29) is 37.4 Å². The number of amides is 1. The molecule has 0 aliphatic heterocycles. The van der Waals surface area contributed by atoms with Crippen molar-refractivity contribution in [3.05, 3.63) is 59.1 Å².